The molecule has 0 aliphatic rings. The molecule has 0 aliphatic carbocycles. The van der Waals surface area contributed by atoms with Gasteiger partial charge in [0.1, 0.15) is 6.04 Å². The highest BCUT2D eigenvalue weighted by Gasteiger charge is 2.25. The van der Waals surface area contributed by atoms with E-state index in [2.05, 4.69) is 59.4 Å². The van der Waals surface area contributed by atoms with Crippen LogP contribution in [0.4, 0.5) is 0 Å². The Morgan fingerprint density at radius 2 is 1.67 bits per heavy atom. The maximum atomic E-state index is 13.0. The van der Waals surface area contributed by atoms with Gasteiger partial charge >= 0.3 is 0 Å². The van der Waals surface area contributed by atoms with Gasteiger partial charge in [0, 0.05) is 23.3 Å². The highest BCUT2D eigenvalue weighted by molar-refractivity contribution is 9.10. The number of hydrogen-bond donors (Lipinski definition) is 1. The van der Waals surface area contributed by atoms with Crippen molar-refractivity contribution in [3.8, 4) is 0 Å². The zero-order chi connectivity index (χ0) is 21.9. The summed E-state index contributed by atoms with van der Waals surface area (Å²) >= 11 is 5.02. The van der Waals surface area contributed by atoms with Gasteiger partial charge in [0.15, 0.2) is 0 Å². The molecule has 162 valence electrons. The summed E-state index contributed by atoms with van der Waals surface area (Å²) in [6, 6.07) is 17.7. The molecule has 1 N–H and O–H groups in total. The van der Waals surface area contributed by atoms with Crippen molar-refractivity contribution in [2.24, 2.45) is 5.92 Å². The number of halogens is 1. The van der Waals surface area contributed by atoms with Crippen LogP contribution in [0.5, 0.6) is 0 Å². The molecular weight excluding hydrogens is 460 g/mol. The van der Waals surface area contributed by atoms with Crippen molar-refractivity contribution in [2.75, 3.05) is 18.8 Å². The third-order valence-corrected chi connectivity index (χ3v) is 6.26. The van der Waals surface area contributed by atoms with Crippen LogP contribution in [-0.2, 0) is 21.8 Å². The van der Waals surface area contributed by atoms with E-state index < -0.39 is 6.04 Å². The minimum Gasteiger partial charge on any atom is -0.354 e. The van der Waals surface area contributed by atoms with Gasteiger partial charge in [-0.2, -0.15) is 0 Å². The Morgan fingerprint density at radius 3 is 2.30 bits per heavy atom. The van der Waals surface area contributed by atoms with E-state index in [0.717, 1.165) is 22.2 Å². The standard InChI is InChI=1S/C24H31BrN2O2S/c1-18(2)15-26-24(29)19(3)27(14-13-20-7-5-4-6-8-20)23(28)17-30-16-21-9-11-22(25)12-10-21/h4-12,18-19H,13-17H2,1-3H3,(H,26,29)/t19-/m0/s1. The molecule has 4 nitrogen and oxygen atoms in total. The lowest BCUT2D eigenvalue weighted by Crippen LogP contribution is -2.50. The van der Waals surface area contributed by atoms with Gasteiger partial charge in [-0.05, 0) is 42.5 Å². The van der Waals surface area contributed by atoms with Crippen LogP contribution >= 0.6 is 27.7 Å². The van der Waals surface area contributed by atoms with Crippen molar-refractivity contribution in [1.82, 2.24) is 10.2 Å². The van der Waals surface area contributed by atoms with Crippen LogP contribution in [0.2, 0.25) is 0 Å². The molecule has 0 spiro atoms. The number of nitrogens with zero attached hydrogens (tertiary/aromatic N) is 1. The van der Waals surface area contributed by atoms with Crippen LogP contribution in [0.15, 0.2) is 59.1 Å². The number of carbonyl (C=O) groups excluding carboxylic acids is 2. The molecule has 1 atom stereocenters. The lowest BCUT2D eigenvalue weighted by Gasteiger charge is -2.29. The van der Waals surface area contributed by atoms with Gasteiger partial charge < -0.3 is 10.2 Å². The number of hydrogen-bond acceptors (Lipinski definition) is 3. The van der Waals surface area contributed by atoms with E-state index in [4.69, 9.17) is 0 Å². The number of nitrogens with one attached hydrogen (secondary N) is 1. The Hall–Kier alpha value is -1.79. The average Bonchev–Trinajstić information content (AvgIpc) is 2.74. The number of thioether (sulfide) groups is 1. The average molecular weight is 491 g/mol. The molecule has 0 radical (unpaired) electrons. The summed E-state index contributed by atoms with van der Waals surface area (Å²) in [6.07, 6.45) is 0.728. The zero-order valence-corrected chi connectivity index (χ0v) is 20.3. The van der Waals surface area contributed by atoms with Gasteiger partial charge in [-0.15, -0.1) is 11.8 Å². The summed E-state index contributed by atoms with van der Waals surface area (Å²) in [5, 5.41) is 2.96. The molecule has 0 aliphatic heterocycles. The van der Waals surface area contributed by atoms with Crippen molar-refractivity contribution in [2.45, 2.75) is 39.0 Å². The summed E-state index contributed by atoms with van der Waals surface area (Å²) in [4.78, 5) is 27.3. The maximum absolute atomic E-state index is 13.0. The Kier molecular flexibility index (Phi) is 10.4. The predicted molar refractivity (Wildman–Crippen MR) is 129 cm³/mol. The molecule has 0 fully saturated rings. The van der Waals surface area contributed by atoms with E-state index in [1.165, 1.54) is 5.56 Å². The lowest BCUT2D eigenvalue weighted by atomic mass is 10.1. The fourth-order valence-electron chi connectivity index (χ4n) is 2.94. The number of amides is 2. The summed E-state index contributed by atoms with van der Waals surface area (Å²) in [5.41, 5.74) is 2.34. The maximum Gasteiger partial charge on any atom is 0.242 e. The van der Waals surface area contributed by atoms with Crippen LogP contribution < -0.4 is 5.32 Å². The van der Waals surface area contributed by atoms with Crippen LogP contribution in [0.25, 0.3) is 0 Å². The summed E-state index contributed by atoms with van der Waals surface area (Å²) in [6.45, 7) is 7.07. The van der Waals surface area contributed by atoms with Crippen LogP contribution in [0, 0.1) is 5.92 Å². The Balaban J connectivity index is 1.97. The molecule has 30 heavy (non-hydrogen) atoms. The van der Waals surface area contributed by atoms with Crippen LogP contribution in [-0.4, -0.2) is 41.6 Å². The molecule has 0 bridgehead atoms. The van der Waals surface area contributed by atoms with Gasteiger partial charge in [-0.1, -0.05) is 72.2 Å². The second-order valence-electron chi connectivity index (χ2n) is 7.76. The molecule has 2 aromatic carbocycles. The second kappa shape index (κ2) is 12.8. The predicted octanol–water partition coefficient (Wildman–Crippen LogP) is 4.91. The van der Waals surface area contributed by atoms with E-state index >= 15 is 0 Å². The van der Waals surface area contributed by atoms with E-state index in [1.807, 2.05) is 37.3 Å². The summed E-state index contributed by atoms with van der Waals surface area (Å²) < 4.78 is 1.04. The van der Waals surface area contributed by atoms with E-state index in [0.29, 0.717) is 24.8 Å². The fraction of sp³-hybridized carbons (Fsp3) is 0.417. The monoisotopic (exact) mass is 490 g/mol. The first-order valence-electron chi connectivity index (χ1n) is 10.3. The normalized spacial score (nSPS) is 11.9. The topological polar surface area (TPSA) is 49.4 Å². The van der Waals surface area contributed by atoms with Crippen molar-refractivity contribution in [1.29, 1.82) is 0 Å². The lowest BCUT2D eigenvalue weighted by molar-refractivity contribution is -0.138. The first-order chi connectivity index (χ1) is 14.4. The summed E-state index contributed by atoms with van der Waals surface area (Å²) in [5.74, 6) is 1.39. The Bertz CT molecular complexity index is 797. The molecule has 2 amide bonds. The zero-order valence-electron chi connectivity index (χ0n) is 17.9. The Morgan fingerprint density at radius 1 is 1.00 bits per heavy atom. The molecular formula is C24H31BrN2O2S. The molecule has 0 saturated carbocycles. The number of carbonyl (C=O) groups is 2. The first-order valence-corrected chi connectivity index (χ1v) is 12.2. The minimum absolute atomic E-state index is 0.000222. The Labute approximate surface area is 192 Å². The molecule has 0 saturated heterocycles. The van der Waals surface area contributed by atoms with Crippen molar-refractivity contribution in [3.63, 3.8) is 0 Å². The third kappa shape index (κ3) is 8.52. The van der Waals surface area contributed by atoms with Crippen LogP contribution in [0.3, 0.4) is 0 Å². The molecule has 0 aromatic heterocycles. The number of rotatable bonds is 11. The van der Waals surface area contributed by atoms with Gasteiger partial charge in [0.25, 0.3) is 0 Å². The summed E-state index contributed by atoms with van der Waals surface area (Å²) in [7, 11) is 0. The number of benzene rings is 2. The molecule has 0 unspecified atom stereocenters. The second-order valence-corrected chi connectivity index (χ2v) is 9.66. The van der Waals surface area contributed by atoms with Gasteiger partial charge in [-0.3, -0.25) is 9.59 Å². The quantitative estimate of drug-likeness (QED) is 0.486. The van der Waals surface area contributed by atoms with Crippen LogP contribution in [0.1, 0.15) is 31.9 Å². The fourth-order valence-corrected chi connectivity index (χ4v) is 4.08. The van der Waals surface area contributed by atoms with E-state index in [1.54, 1.807) is 16.7 Å². The molecule has 2 aromatic rings. The smallest absolute Gasteiger partial charge is 0.242 e. The van der Waals surface area contributed by atoms with Crippen molar-refractivity contribution in [3.05, 3.63) is 70.2 Å². The highest BCUT2D eigenvalue weighted by Crippen LogP contribution is 2.17. The molecule has 2 rings (SSSR count). The third-order valence-electron chi connectivity index (χ3n) is 4.74. The van der Waals surface area contributed by atoms with E-state index in [9.17, 15) is 9.59 Å². The molecule has 6 heteroatoms. The van der Waals surface area contributed by atoms with E-state index in [-0.39, 0.29) is 11.8 Å². The van der Waals surface area contributed by atoms with Gasteiger partial charge in [-0.25, -0.2) is 0 Å². The largest absolute Gasteiger partial charge is 0.354 e. The first kappa shape index (κ1) is 24.5. The SMILES string of the molecule is CC(C)CNC(=O)[C@H](C)N(CCc1ccccc1)C(=O)CSCc1ccc(Br)cc1. The van der Waals surface area contributed by atoms with Crippen molar-refractivity contribution < 1.29 is 9.59 Å². The van der Waals surface area contributed by atoms with Crippen molar-refractivity contribution >= 4 is 39.5 Å². The minimum atomic E-state index is -0.492. The van der Waals surface area contributed by atoms with Gasteiger partial charge in [0.05, 0.1) is 5.75 Å². The molecule has 0 heterocycles. The highest BCUT2D eigenvalue weighted by atomic mass is 79.9. The van der Waals surface area contributed by atoms with Gasteiger partial charge in [0.2, 0.25) is 11.8 Å².